The van der Waals surface area contributed by atoms with Crippen molar-refractivity contribution in [2.24, 2.45) is 10.7 Å². The highest BCUT2D eigenvalue weighted by molar-refractivity contribution is 9.10. The van der Waals surface area contributed by atoms with Gasteiger partial charge in [-0.25, -0.2) is 4.99 Å². The third-order valence-corrected chi connectivity index (χ3v) is 5.24. The Morgan fingerprint density at radius 1 is 1.15 bits per heavy atom. The van der Waals surface area contributed by atoms with Crippen molar-refractivity contribution in [1.29, 1.82) is 0 Å². The minimum atomic E-state index is 0.367. The number of hydrogen-bond acceptors (Lipinski definition) is 4. The molecule has 2 rings (SSSR count). The first kappa shape index (κ1) is 20.5. The quantitative estimate of drug-likeness (QED) is 0.370. The van der Waals surface area contributed by atoms with Gasteiger partial charge in [0.05, 0.1) is 20.8 Å². The fourth-order valence-corrected chi connectivity index (χ4v) is 3.44. The van der Waals surface area contributed by atoms with Crippen LogP contribution in [-0.2, 0) is 6.54 Å². The summed E-state index contributed by atoms with van der Waals surface area (Å²) in [5.74, 6) is 1.82. The number of hydrogen-bond donors (Lipinski definition) is 2. The number of rotatable bonds is 8. The molecule has 0 amide bonds. The van der Waals surface area contributed by atoms with Gasteiger partial charge in [0.2, 0.25) is 0 Å². The van der Waals surface area contributed by atoms with E-state index in [1.165, 1.54) is 4.90 Å². The summed E-state index contributed by atoms with van der Waals surface area (Å²) in [6.45, 7) is 3.37. The summed E-state index contributed by atoms with van der Waals surface area (Å²) >= 11 is 5.24. The van der Waals surface area contributed by atoms with Crippen LogP contribution in [0.3, 0.4) is 0 Å². The van der Waals surface area contributed by atoms with Crippen molar-refractivity contribution in [2.45, 2.75) is 23.6 Å². The van der Waals surface area contributed by atoms with Crippen molar-refractivity contribution < 1.29 is 9.47 Å². The summed E-state index contributed by atoms with van der Waals surface area (Å²) in [4.78, 5) is 5.61. The molecule has 26 heavy (non-hydrogen) atoms. The highest BCUT2D eigenvalue weighted by atomic mass is 79.9. The Morgan fingerprint density at radius 2 is 1.85 bits per heavy atom. The van der Waals surface area contributed by atoms with Gasteiger partial charge in [-0.05, 0) is 42.0 Å². The molecule has 0 aromatic heterocycles. The second-order valence-electron chi connectivity index (χ2n) is 5.65. The van der Waals surface area contributed by atoms with Crippen molar-refractivity contribution in [3.05, 3.63) is 52.5 Å². The Labute approximate surface area is 167 Å². The van der Waals surface area contributed by atoms with Gasteiger partial charge < -0.3 is 20.5 Å². The first-order valence-electron chi connectivity index (χ1n) is 8.18. The minimum Gasteiger partial charge on any atom is -0.493 e. The topological polar surface area (TPSA) is 68.9 Å². The zero-order valence-corrected chi connectivity index (χ0v) is 17.6. The molecule has 0 saturated carbocycles. The highest BCUT2D eigenvalue weighted by Gasteiger charge is 2.06. The van der Waals surface area contributed by atoms with Crippen LogP contribution in [0.5, 0.6) is 11.5 Å². The molecular formula is C19H24BrN3O2S. The van der Waals surface area contributed by atoms with E-state index in [1.807, 2.05) is 30.3 Å². The maximum atomic E-state index is 5.98. The molecule has 0 saturated heterocycles. The summed E-state index contributed by atoms with van der Waals surface area (Å²) in [5, 5.41) is 3.54. The lowest BCUT2D eigenvalue weighted by Gasteiger charge is -2.13. The number of nitrogens with two attached hydrogens (primary N) is 1. The average Bonchev–Trinajstić information content (AvgIpc) is 2.66. The zero-order chi connectivity index (χ0) is 18.9. The Hall–Kier alpha value is -1.86. The number of halogens is 1. The summed E-state index contributed by atoms with van der Waals surface area (Å²) < 4.78 is 11.6. The second-order valence-corrected chi connectivity index (χ2v) is 8.08. The van der Waals surface area contributed by atoms with Gasteiger partial charge in [0.15, 0.2) is 17.5 Å². The number of nitrogens with zero attached hydrogens (tertiary/aromatic N) is 1. The standard InChI is InChI=1S/C19H24BrN3O2S/c1-13(26-16-7-5-15(20)6-8-16)11-22-19(21)23-12-14-4-9-17(24-2)18(10-14)25-3/h4-10,13H,11-12H2,1-3H3,(H3,21,22,23). The lowest BCUT2D eigenvalue weighted by Crippen LogP contribution is -2.35. The molecule has 3 N–H and O–H groups in total. The van der Waals surface area contributed by atoms with E-state index < -0.39 is 0 Å². The smallest absolute Gasteiger partial charge is 0.188 e. The van der Waals surface area contributed by atoms with E-state index >= 15 is 0 Å². The van der Waals surface area contributed by atoms with E-state index in [2.05, 4.69) is 45.3 Å². The number of aliphatic imine (C=N–C) groups is 1. The minimum absolute atomic E-state index is 0.367. The first-order chi connectivity index (χ1) is 12.5. The highest BCUT2D eigenvalue weighted by Crippen LogP contribution is 2.27. The molecular weight excluding hydrogens is 414 g/mol. The Kier molecular flexibility index (Phi) is 8.12. The van der Waals surface area contributed by atoms with Gasteiger partial charge in [0, 0.05) is 21.2 Å². The van der Waals surface area contributed by atoms with Gasteiger partial charge in [-0.1, -0.05) is 28.9 Å². The normalized spacial score (nSPS) is 12.5. The van der Waals surface area contributed by atoms with Gasteiger partial charge in [-0.3, -0.25) is 0 Å². The van der Waals surface area contributed by atoms with Crippen molar-refractivity contribution in [2.75, 3.05) is 20.8 Å². The van der Waals surface area contributed by atoms with Gasteiger partial charge in [-0.2, -0.15) is 0 Å². The average molecular weight is 438 g/mol. The van der Waals surface area contributed by atoms with Crippen LogP contribution in [0.2, 0.25) is 0 Å². The number of thioether (sulfide) groups is 1. The van der Waals surface area contributed by atoms with Crippen molar-refractivity contribution in [1.82, 2.24) is 5.32 Å². The second kappa shape index (κ2) is 10.3. The molecule has 0 fully saturated rings. The van der Waals surface area contributed by atoms with Crippen LogP contribution in [0.15, 0.2) is 56.8 Å². The number of guanidine groups is 1. The molecule has 2 aromatic rings. The number of benzene rings is 2. The molecule has 5 nitrogen and oxygen atoms in total. The Bertz CT molecular complexity index is 738. The number of ether oxygens (including phenoxy) is 2. The summed E-state index contributed by atoms with van der Waals surface area (Å²) in [7, 11) is 3.23. The van der Waals surface area contributed by atoms with E-state index in [-0.39, 0.29) is 0 Å². The third-order valence-electron chi connectivity index (χ3n) is 3.60. The van der Waals surface area contributed by atoms with E-state index in [4.69, 9.17) is 15.2 Å². The number of nitrogens with one attached hydrogen (secondary N) is 1. The fourth-order valence-electron chi connectivity index (χ4n) is 2.25. The molecule has 0 bridgehead atoms. The third kappa shape index (κ3) is 6.46. The predicted octanol–water partition coefficient (Wildman–Crippen LogP) is 4.05. The summed E-state index contributed by atoms with van der Waals surface area (Å²) in [6.07, 6.45) is 0. The van der Waals surface area contributed by atoms with Crippen LogP contribution in [0.1, 0.15) is 12.5 Å². The predicted molar refractivity (Wildman–Crippen MR) is 112 cm³/mol. The summed E-state index contributed by atoms with van der Waals surface area (Å²) in [6, 6.07) is 14.0. The molecule has 7 heteroatoms. The molecule has 1 atom stereocenters. The van der Waals surface area contributed by atoms with Crippen molar-refractivity contribution >= 4 is 33.7 Å². The lowest BCUT2D eigenvalue weighted by molar-refractivity contribution is 0.354. The molecule has 140 valence electrons. The maximum Gasteiger partial charge on any atom is 0.188 e. The molecule has 0 aliphatic rings. The first-order valence-corrected chi connectivity index (χ1v) is 9.86. The van der Waals surface area contributed by atoms with Crippen molar-refractivity contribution in [3.63, 3.8) is 0 Å². The fraction of sp³-hybridized carbons (Fsp3) is 0.316. The van der Waals surface area contributed by atoms with Crippen LogP contribution < -0.4 is 20.5 Å². The SMILES string of the molecule is COc1ccc(CN=C(N)NCC(C)Sc2ccc(Br)cc2)cc1OC. The largest absolute Gasteiger partial charge is 0.493 e. The van der Waals surface area contributed by atoms with Gasteiger partial charge in [-0.15, -0.1) is 11.8 Å². The van der Waals surface area contributed by atoms with Gasteiger partial charge >= 0.3 is 0 Å². The van der Waals surface area contributed by atoms with Gasteiger partial charge in [0.1, 0.15) is 0 Å². The number of methoxy groups -OCH3 is 2. The van der Waals surface area contributed by atoms with E-state index in [9.17, 15) is 0 Å². The van der Waals surface area contributed by atoms with Crippen LogP contribution in [0, 0.1) is 0 Å². The summed E-state index contributed by atoms with van der Waals surface area (Å²) in [5.41, 5.74) is 6.98. The zero-order valence-electron chi connectivity index (χ0n) is 15.2. The monoisotopic (exact) mass is 437 g/mol. The molecule has 0 spiro atoms. The molecule has 1 unspecified atom stereocenters. The van der Waals surface area contributed by atoms with Crippen LogP contribution >= 0.6 is 27.7 Å². The maximum absolute atomic E-state index is 5.98. The van der Waals surface area contributed by atoms with E-state index in [0.717, 1.165) is 16.6 Å². The van der Waals surface area contributed by atoms with Crippen molar-refractivity contribution in [3.8, 4) is 11.5 Å². The molecule has 0 aliphatic carbocycles. The van der Waals surface area contributed by atoms with Crippen LogP contribution in [0.25, 0.3) is 0 Å². The lowest BCUT2D eigenvalue weighted by atomic mass is 10.2. The van der Waals surface area contributed by atoms with E-state index in [0.29, 0.717) is 29.3 Å². The van der Waals surface area contributed by atoms with Crippen LogP contribution in [0.4, 0.5) is 0 Å². The molecule has 0 heterocycles. The van der Waals surface area contributed by atoms with Crippen LogP contribution in [-0.4, -0.2) is 32.0 Å². The molecule has 0 radical (unpaired) electrons. The Morgan fingerprint density at radius 3 is 2.50 bits per heavy atom. The Balaban J connectivity index is 1.83. The molecule has 2 aromatic carbocycles. The molecule has 0 aliphatic heterocycles. The van der Waals surface area contributed by atoms with E-state index in [1.54, 1.807) is 26.0 Å². The van der Waals surface area contributed by atoms with Gasteiger partial charge in [0.25, 0.3) is 0 Å².